The van der Waals surface area contributed by atoms with Gasteiger partial charge in [0.05, 0.1) is 25.9 Å². The summed E-state index contributed by atoms with van der Waals surface area (Å²) in [5.41, 5.74) is 1.26. The van der Waals surface area contributed by atoms with Gasteiger partial charge in [-0.25, -0.2) is 0 Å². The highest BCUT2D eigenvalue weighted by atomic mass is 16.5. The molecular formula is C15H23BO5. The molecule has 0 aromatic heterocycles. The van der Waals surface area contributed by atoms with Gasteiger partial charge >= 0.3 is 7.12 Å². The van der Waals surface area contributed by atoms with Crippen LogP contribution >= 0.6 is 0 Å². The lowest BCUT2D eigenvalue weighted by Gasteiger charge is -2.28. The van der Waals surface area contributed by atoms with Gasteiger partial charge in [-0.05, 0) is 37.2 Å². The van der Waals surface area contributed by atoms with Gasteiger partial charge in [0.1, 0.15) is 5.75 Å². The third kappa shape index (κ3) is 4.44. The van der Waals surface area contributed by atoms with Crippen molar-refractivity contribution in [1.82, 2.24) is 0 Å². The zero-order valence-corrected chi connectivity index (χ0v) is 12.6. The van der Waals surface area contributed by atoms with Gasteiger partial charge in [-0.1, -0.05) is 12.1 Å². The molecule has 116 valence electrons. The van der Waals surface area contributed by atoms with Crippen molar-refractivity contribution in [2.24, 2.45) is 0 Å². The van der Waals surface area contributed by atoms with Crippen molar-refractivity contribution in [2.45, 2.75) is 44.5 Å². The summed E-state index contributed by atoms with van der Waals surface area (Å²) in [6.45, 7) is 0.394. The van der Waals surface area contributed by atoms with Crippen LogP contribution in [0.2, 0.25) is 0 Å². The van der Waals surface area contributed by atoms with Crippen molar-refractivity contribution in [2.75, 3.05) is 14.2 Å². The van der Waals surface area contributed by atoms with Crippen LogP contribution in [0, 0.1) is 0 Å². The Balaban J connectivity index is 1.99. The van der Waals surface area contributed by atoms with Crippen LogP contribution in [0.15, 0.2) is 18.2 Å². The monoisotopic (exact) mass is 294 g/mol. The first-order chi connectivity index (χ1) is 10.1. The molecule has 2 unspecified atom stereocenters. The second kappa shape index (κ2) is 7.80. The first-order valence-electron chi connectivity index (χ1n) is 7.31. The Morgan fingerprint density at radius 2 is 1.95 bits per heavy atom. The third-order valence-electron chi connectivity index (χ3n) is 3.99. The maximum atomic E-state index is 9.25. The van der Waals surface area contributed by atoms with E-state index in [4.69, 9.17) is 14.2 Å². The first kappa shape index (κ1) is 16.3. The van der Waals surface area contributed by atoms with Gasteiger partial charge in [0.2, 0.25) is 0 Å². The van der Waals surface area contributed by atoms with Crippen LogP contribution in [0.5, 0.6) is 5.75 Å². The van der Waals surface area contributed by atoms with Gasteiger partial charge in [-0.15, -0.1) is 0 Å². The standard InChI is InChI=1S/C15H23BO5/c1-19-13-4-3-5-14(9-13)21-10-11-8-12(16(17)18)6-7-15(11)20-2/h6-8,13-14,17-18H,3-5,9-10H2,1-2H3. The summed E-state index contributed by atoms with van der Waals surface area (Å²) in [7, 11) is 1.85. The maximum absolute atomic E-state index is 9.25. The van der Waals surface area contributed by atoms with E-state index in [1.54, 1.807) is 32.4 Å². The molecule has 21 heavy (non-hydrogen) atoms. The van der Waals surface area contributed by atoms with Gasteiger partial charge in [-0.3, -0.25) is 0 Å². The number of ether oxygens (including phenoxy) is 3. The predicted molar refractivity (Wildman–Crippen MR) is 80.7 cm³/mol. The van der Waals surface area contributed by atoms with Crippen LogP contribution in [0.25, 0.3) is 0 Å². The van der Waals surface area contributed by atoms with E-state index in [1.165, 1.54) is 0 Å². The Morgan fingerprint density at radius 3 is 2.62 bits per heavy atom. The molecule has 0 amide bonds. The van der Waals surface area contributed by atoms with Crippen molar-refractivity contribution in [3.05, 3.63) is 23.8 Å². The zero-order valence-electron chi connectivity index (χ0n) is 12.6. The van der Waals surface area contributed by atoms with E-state index in [1.807, 2.05) is 0 Å². The van der Waals surface area contributed by atoms with Crippen molar-refractivity contribution >= 4 is 12.6 Å². The lowest BCUT2D eigenvalue weighted by molar-refractivity contribution is -0.0366. The Kier molecular flexibility index (Phi) is 6.05. The molecule has 2 rings (SSSR count). The summed E-state index contributed by atoms with van der Waals surface area (Å²) >= 11 is 0. The molecule has 1 aliphatic rings. The Bertz CT molecular complexity index is 452. The van der Waals surface area contributed by atoms with E-state index >= 15 is 0 Å². The highest BCUT2D eigenvalue weighted by molar-refractivity contribution is 6.58. The SMILES string of the molecule is COc1ccc(B(O)O)cc1COC1CCCC(OC)C1. The number of hydrogen-bond donors (Lipinski definition) is 2. The molecule has 1 aliphatic carbocycles. The van der Waals surface area contributed by atoms with Gasteiger partial charge in [0.15, 0.2) is 0 Å². The van der Waals surface area contributed by atoms with Crippen LogP contribution in [-0.4, -0.2) is 43.6 Å². The average molecular weight is 294 g/mol. The molecule has 0 saturated heterocycles. The summed E-state index contributed by atoms with van der Waals surface area (Å²) in [6, 6.07) is 5.07. The second-order valence-electron chi connectivity index (χ2n) is 5.40. The molecule has 1 aromatic rings. The molecular weight excluding hydrogens is 271 g/mol. The number of methoxy groups -OCH3 is 2. The number of benzene rings is 1. The van der Waals surface area contributed by atoms with E-state index in [-0.39, 0.29) is 12.2 Å². The van der Waals surface area contributed by atoms with Crippen molar-refractivity contribution in [3.8, 4) is 5.75 Å². The maximum Gasteiger partial charge on any atom is 0.488 e. The van der Waals surface area contributed by atoms with Crippen LogP contribution in [0.1, 0.15) is 31.2 Å². The van der Waals surface area contributed by atoms with E-state index in [2.05, 4.69) is 0 Å². The normalized spacial score (nSPS) is 22.1. The van der Waals surface area contributed by atoms with Crippen LogP contribution in [-0.2, 0) is 16.1 Å². The van der Waals surface area contributed by atoms with Crippen LogP contribution in [0.4, 0.5) is 0 Å². The first-order valence-corrected chi connectivity index (χ1v) is 7.31. The van der Waals surface area contributed by atoms with Gasteiger partial charge in [-0.2, -0.15) is 0 Å². The highest BCUT2D eigenvalue weighted by Crippen LogP contribution is 2.25. The van der Waals surface area contributed by atoms with Crippen LogP contribution < -0.4 is 10.2 Å². The number of hydrogen-bond acceptors (Lipinski definition) is 5. The van der Waals surface area contributed by atoms with Crippen LogP contribution in [0.3, 0.4) is 0 Å². The molecule has 1 fully saturated rings. The second-order valence-corrected chi connectivity index (χ2v) is 5.40. The highest BCUT2D eigenvalue weighted by Gasteiger charge is 2.23. The predicted octanol–water partition coefficient (Wildman–Crippen LogP) is 0.849. The van der Waals surface area contributed by atoms with Crippen molar-refractivity contribution in [3.63, 3.8) is 0 Å². The minimum absolute atomic E-state index is 0.177. The summed E-state index contributed by atoms with van der Waals surface area (Å²) in [5.74, 6) is 0.693. The third-order valence-corrected chi connectivity index (χ3v) is 3.99. The van der Waals surface area contributed by atoms with E-state index in [0.29, 0.717) is 17.8 Å². The molecule has 0 heterocycles. The van der Waals surface area contributed by atoms with E-state index in [9.17, 15) is 10.0 Å². The Hall–Kier alpha value is -1.08. The molecule has 0 spiro atoms. The van der Waals surface area contributed by atoms with E-state index in [0.717, 1.165) is 31.2 Å². The van der Waals surface area contributed by atoms with Crippen molar-refractivity contribution in [1.29, 1.82) is 0 Å². The molecule has 0 aliphatic heterocycles. The minimum atomic E-state index is -1.48. The summed E-state index contributed by atoms with van der Waals surface area (Å²) in [5, 5.41) is 18.5. The summed E-state index contributed by atoms with van der Waals surface area (Å²) in [6.07, 6.45) is 4.58. The molecule has 1 aromatic carbocycles. The quantitative estimate of drug-likeness (QED) is 0.761. The summed E-state index contributed by atoms with van der Waals surface area (Å²) in [4.78, 5) is 0. The van der Waals surface area contributed by atoms with Crippen molar-refractivity contribution < 1.29 is 24.3 Å². The Morgan fingerprint density at radius 1 is 1.19 bits per heavy atom. The molecule has 1 saturated carbocycles. The average Bonchev–Trinajstić information content (AvgIpc) is 2.52. The van der Waals surface area contributed by atoms with E-state index < -0.39 is 7.12 Å². The smallest absolute Gasteiger partial charge is 0.488 e. The van der Waals surface area contributed by atoms with Gasteiger partial charge in [0, 0.05) is 12.7 Å². The number of rotatable bonds is 6. The Labute approximate surface area is 126 Å². The molecule has 5 nitrogen and oxygen atoms in total. The lowest BCUT2D eigenvalue weighted by Crippen LogP contribution is -2.30. The fraction of sp³-hybridized carbons (Fsp3) is 0.600. The fourth-order valence-corrected chi connectivity index (χ4v) is 2.75. The van der Waals surface area contributed by atoms with Gasteiger partial charge in [0.25, 0.3) is 0 Å². The summed E-state index contributed by atoms with van der Waals surface area (Å²) < 4.78 is 16.6. The molecule has 2 N–H and O–H groups in total. The molecule has 0 radical (unpaired) electrons. The molecule has 2 atom stereocenters. The fourth-order valence-electron chi connectivity index (χ4n) is 2.75. The largest absolute Gasteiger partial charge is 0.496 e. The zero-order chi connectivity index (χ0) is 15.2. The van der Waals surface area contributed by atoms with Gasteiger partial charge < -0.3 is 24.3 Å². The lowest BCUT2D eigenvalue weighted by atomic mass is 9.79. The molecule has 6 heteroatoms. The minimum Gasteiger partial charge on any atom is -0.496 e. The topological polar surface area (TPSA) is 68.2 Å². The molecule has 0 bridgehead atoms.